The summed E-state index contributed by atoms with van der Waals surface area (Å²) in [5, 5.41) is 9.05. The van der Waals surface area contributed by atoms with Crippen molar-refractivity contribution in [3.05, 3.63) is 48.0 Å². The Morgan fingerprint density at radius 1 is 1.15 bits per heavy atom. The Hall–Kier alpha value is -1.69. The van der Waals surface area contributed by atoms with Crippen LogP contribution in [0.1, 0.15) is 11.3 Å². The molecule has 0 unspecified atom stereocenters. The first-order valence-corrected chi connectivity index (χ1v) is 6.88. The zero-order valence-electron chi connectivity index (χ0n) is 11.4. The molecule has 20 heavy (non-hydrogen) atoms. The van der Waals surface area contributed by atoms with E-state index in [1.165, 1.54) is 0 Å². The Labute approximate surface area is 118 Å². The second-order valence-electron chi connectivity index (χ2n) is 4.99. The van der Waals surface area contributed by atoms with Gasteiger partial charge in [0, 0.05) is 31.5 Å². The van der Waals surface area contributed by atoms with E-state index in [-0.39, 0.29) is 6.61 Å². The topological polar surface area (TPSA) is 50.5 Å². The molecule has 0 aliphatic carbocycles. The van der Waals surface area contributed by atoms with Gasteiger partial charge in [0.25, 0.3) is 0 Å². The van der Waals surface area contributed by atoms with E-state index in [1.807, 2.05) is 35.2 Å². The molecule has 106 valence electrons. The number of aliphatic hydroxyl groups excluding tert-OH is 1. The van der Waals surface area contributed by atoms with Crippen LogP contribution < -0.4 is 0 Å². The summed E-state index contributed by atoms with van der Waals surface area (Å²) in [5.41, 5.74) is 3.04. The van der Waals surface area contributed by atoms with Gasteiger partial charge in [0.05, 0.1) is 31.8 Å². The van der Waals surface area contributed by atoms with Gasteiger partial charge in [-0.05, 0) is 17.7 Å². The molecule has 1 saturated heterocycles. The summed E-state index contributed by atoms with van der Waals surface area (Å²) in [5.74, 6) is 0. The van der Waals surface area contributed by atoms with Gasteiger partial charge in [0.2, 0.25) is 0 Å². The fourth-order valence-corrected chi connectivity index (χ4v) is 2.35. The SMILES string of the molecule is OCc1ccc(-n2cnc(CN3CCOCC3)c2)cc1. The average molecular weight is 273 g/mol. The minimum absolute atomic E-state index is 0.0759. The van der Waals surface area contributed by atoms with Crippen molar-refractivity contribution in [2.45, 2.75) is 13.2 Å². The Bertz CT molecular complexity index is 545. The number of ether oxygens (including phenoxy) is 1. The van der Waals surface area contributed by atoms with Crippen molar-refractivity contribution in [1.82, 2.24) is 14.5 Å². The molecule has 0 bridgehead atoms. The van der Waals surface area contributed by atoms with Crippen LogP contribution in [-0.2, 0) is 17.9 Å². The molecule has 1 aliphatic heterocycles. The van der Waals surface area contributed by atoms with Gasteiger partial charge in [-0.15, -0.1) is 0 Å². The van der Waals surface area contributed by atoms with Crippen LogP contribution in [0.25, 0.3) is 5.69 Å². The lowest BCUT2D eigenvalue weighted by Crippen LogP contribution is -2.35. The van der Waals surface area contributed by atoms with Gasteiger partial charge in [-0.25, -0.2) is 4.98 Å². The highest BCUT2D eigenvalue weighted by molar-refractivity contribution is 5.34. The molecule has 2 heterocycles. The molecule has 0 amide bonds. The average Bonchev–Trinajstić information content (AvgIpc) is 2.97. The molecular formula is C15H19N3O2. The third kappa shape index (κ3) is 3.07. The first kappa shape index (κ1) is 13.3. The summed E-state index contributed by atoms with van der Waals surface area (Å²) in [6, 6.07) is 7.84. The molecule has 0 atom stereocenters. The number of morpholine rings is 1. The Kier molecular flexibility index (Phi) is 4.11. The van der Waals surface area contributed by atoms with Crippen molar-refractivity contribution in [3.63, 3.8) is 0 Å². The largest absolute Gasteiger partial charge is 0.392 e. The minimum atomic E-state index is 0.0759. The van der Waals surface area contributed by atoms with Crippen LogP contribution in [0.5, 0.6) is 0 Å². The van der Waals surface area contributed by atoms with Crippen LogP contribution in [0.3, 0.4) is 0 Å². The fraction of sp³-hybridized carbons (Fsp3) is 0.400. The molecule has 1 fully saturated rings. The van der Waals surface area contributed by atoms with Crippen LogP contribution in [0, 0.1) is 0 Å². The summed E-state index contributed by atoms with van der Waals surface area (Å²) in [6.07, 6.45) is 3.90. The Balaban J connectivity index is 1.68. The van der Waals surface area contributed by atoms with Gasteiger partial charge in [-0.2, -0.15) is 0 Å². The number of hydrogen-bond acceptors (Lipinski definition) is 4. The van der Waals surface area contributed by atoms with Crippen LogP contribution in [0.4, 0.5) is 0 Å². The Morgan fingerprint density at radius 2 is 1.90 bits per heavy atom. The summed E-state index contributed by atoms with van der Waals surface area (Å²) >= 11 is 0. The van der Waals surface area contributed by atoms with E-state index in [0.717, 1.165) is 49.8 Å². The summed E-state index contributed by atoms with van der Waals surface area (Å²) < 4.78 is 7.36. The lowest BCUT2D eigenvalue weighted by molar-refractivity contribution is 0.0337. The second kappa shape index (κ2) is 6.17. The fourth-order valence-electron chi connectivity index (χ4n) is 2.35. The van der Waals surface area contributed by atoms with Gasteiger partial charge < -0.3 is 14.4 Å². The third-order valence-corrected chi connectivity index (χ3v) is 3.54. The quantitative estimate of drug-likeness (QED) is 0.909. The molecule has 2 aromatic rings. The van der Waals surface area contributed by atoms with Crippen molar-refractivity contribution in [2.24, 2.45) is 0 Å². The minimum Gasteiger partial charge on any atom is -0.392 e. The number of imidazole rings is 1. The normalized spacial score (nSPS) is 16.4. The molecule has 1 aliphatic rings. The zero-order chi connectivity index (χ0) is 13.8. The second-order valence-corrected chi connectivity index (χ2v) is 4.99. The van der Waals surface area contributed by atoms with Crippen LogP contribution >= 0.6 is 0 Å². The van der Waals surface area contributed by atoms with Crippen LogP contribution in [0.2, 0.25) is 0 Å². The van der Waals surface area contributed by atoms with Gasteiger partial charge in [-0.1, -0.05) is 12.1 Å². The molecule has 0 radical (unpaired) electrons. The first-order valence-electron chi connectivity index (χ1n) is 6.88. The monoisotopic (exact) mass is 273 g/mol. The number of nitrogens with zero attached hydrogens (tertiary/aromatic N) is 3. The van der Waals surface area contributed by atoms with Gasteiger partial charge in [-0.3, -0.25) is 4.90 Å². The highest BCUT2D eigenvalue weighted by atomic mass is 16.5. The molecule has 0 saturated carbocycles. The molecule has 5 nitrogen and oxygen atoms in total. The summed E-state index contributed by atoms with van der Waals surface area (Å²) in [7, 11) is 0. The van der Waals surface area contributed by atoms with E-state index >= 15 is 0 Å². The number of aliphatic hydroxyl groups is 1. The van der Waals surface area contributed by atoms with E-state index in [4.69, 9.17) is 9.84 Å². The third-order valence-electron chi connectivity index (χ3n) is 3.54. The van der Waals surface area contributed by atoms with Gasteiger partial charge >= 0.3 is 0 Å². The highest BCUT2D eigenvalue weighted by Crippen LogP contribution is 2.12. The smallest absolute Gasteiger partial charge is 0.0995 e. The number of benzene rings is 1. The molecule has 1 aromatic heterocycles. The molecule has 3 rings (SSSR count). The van der Waals surface area contributed by atoms with Crippen molar-refractivity contribution < 1.29 is 9.84 Å². The number of aromatic nitrogens is 2. The molecular weight excluding hydrogens is 254 g/mol. The van der Waals surface area contributed by atoms with E-state index in [2.05, 4.69) is 16.1 Å². The van der Waals surface area contributed by atoms with Gasteiger partial charge in [0.15, 0.2) is 0 Å². The van der Waals surface area contributed by atoms with Crippen molar-refractivity contribution in [1.29, 1.82) is 0 Å². The summed E-state index contributed by atoms with van der Waals surface area (Å²) in [6.45, 7) is 4.50. The van der Waals surface area contributed by atoms with Crippen molar-refractivity contribution in [3.8, 4) is 5.69 Å². The van der Waals surface area contributed by atoms with Crippen molar-refractivity contribution >= 4 is 0 Å². The molecule has 1 N–H and O–H groups in total. The molecule has 0 spiro atoms. The highest BCUT2D eigenvalue weighted by Gasteiger charge is 2.12. The predicted molar refractivity (Wildman–Crippen MR) is 75.6 cm³/mol. The maximum absolute atomic E-state index is 9.05. The van der Waals surface area contributed by atoms with E-state index in [1.54, 1.807) is 0 Å². The molecule has 5 heteroatoms. The number of hydrogen-bond donors (Lipinski definition) is 1. The zero-order valence-corrected chi connectivity index (χ0v) is 11.4. The maximum Gasteiger partial charge on any atom is 0.0995 e. The van der Waals surface area contributed by atoms with Crippen LogP contribution in [0.15, 0.2) is 36.8 Å². The van der Waals surface area contributed by atoms with Crippen LogP contribution in [-0.4, -0.2) is 45.9 Å². The van der Waals surface area contributed by atoms with Crippen molar-refractivity contribution in [2.75, 3.05) is 26.3 Å². The maximum atomic E-state index is 9.05. The predicted octanol–water partition coefficient (Wildman–Crippen LogP) is 1.20. The standard InChI is InChI=1S/C15H19N3O2/c19-11-13-1-3-15(4-2-13)18-10-14(16-12-18)9-17-5-7-20-8-6-17/h1-4,10,12,19H,5-9,11H2. The Morgan fingerprint density at radius 3 is 2.60 bits per heavy atom. The first-order chi connectivity index (χ1) is 9.85. The van der Waals surface area contributed by atoms with E-state index in [0.29, 0.717) is 0 Å². The summed E-state index contributed by atoms with van der Waals surface area (Å²) in [4.78, 5) is 6.81. The van der Waals surface area contributed by atoms with E-state index < -0.39 is 0 Å². The van der Waals surface area contributed by atoms with E-state index in [9.17, 15) is 0 Å². The lowest BCUT2D eigenvalue weighted by Gasteiger charge is -2.25. The van der Waals surface area contributed by atoms with Gasteiger partial charge in [0.1, 0.15) is 0 Å². The molecule has 1 aromatic carbocycles. The number of rotatable bonds is 4. The lowest BCUT2D eigenvalue weighted by atomic mass is 10.2.